The first-order chi connectivity index (χ1) is 11.1. The van der Waals surface area contributed by atoms with Crippen molar-refractivity contribution in [2.24, 2.45) is 0 Å². The van der Waals surface area contributed by atoms with Gasteiger partial charge in [-0.3, -0.25) is 4.79 Å². The van der Waals surface area contributed by atoms with Crippen LogP contribution in [0.15, 0.2) is 61.2 Å². The molecule has 118 valence electrons. The molecule has 8 heteroatoms. The first-order valence-electron chi connectivity index (χ1n) is 6.72. The number of hydrogen-bond acceptors (Lipinski definition) is 6. The lowest BCUT2D eigenvalue weighted by Crippen LogP contribution is -2.22. The third-order valence-corrected chi connectivity index (χ3v) is 4.36. The molecular formula is C15H12BrN3O3S. The van der Waals surface area contributed by atoms with E-state index in [0.29, 0.717) is 11.0 Å². The van der Waals surface area contributed by atoms with E-state index in [9.17, 15) is 4.79 Å². The van der Waals surface area contributed by atoms with Crippen LogP contribution in [0.2, 0.25) is 0 Å². The molecule has 2 heterocycles. The van der Waals surface area contributed by atoms with Crippen LogP contribution in [-0.2, 0) is 4.79 Å². The number of nitrogens with one attached hydrogen (secondary N) is 1. The van der Waals surface area contributed by atoms with Crippen LogP contribution >= 0.6 is 27.7 Å². The van der Waals surface area contributed by atoms with Gasteiger partial charge in [0, 0.05) is 10.2 Å². The van der Waals surface area contributed by atoms with Gasteiger partial charge in [-0.25, -0.2) is 0 Å². The Morgan fingerprint density at radius 3 is 2.74 bits per heavy atom. The highest BCUT2D eigenvalue weighted by atomic mass is 79.9. The van der Waals surface area contributed by atoms with Crippen molar-refractivity contribution in [2.75, 3.05) is 5.32 Å². The van der Waals surface area contributed by atoms with Crippen LogP contribution in [0, 0.1) is 0 Å². The first-order valence-corrected chi connectivity index (χ1v) is 8.39. The van der Waals surface area contributed by atoms with Gasteiger partial charge in [0.05, 0.1) is 11.5 Å². The van der Waals surface area contributed by atoms with Crippen LogP contribution < -0.4 is 5.32 Å². The van der Waals surface area contributed by atoms with Gasteiger partial charge in [0.1, 0.15) is 0 Å². The van der Waals surface area contributed by atoms with Crippen molar-refractivity contribution < 1.29 is 13.6 Å². The normalized spacial score (nSPS) is 12.1. The maximum Gasteiger partial charge on any atom is 0.284 e. The summed E-state index contributed by atoms with van der Waals surface area (Å²) in [4.78, 5) is 12.2. The van der Waals surface area contributed by atoms with Crippen molar-refractivity contribution in [1.82, 2.24) is 10.2 Å². The van der Waals surface area contributed by atoms with E-state index in [-0.39, 0.29) is 17.0 Å². The fraction of sp³-hybridized carbons (Fsp3) is 0.133. The lowest BCUT2D eigenvalue weighted by molar-refractivity contribution is -0.115. The van der Waals surface area contributed by atoms with Gasteiger partial charge < -0.3 is 14.2 Å². The minimum absolute atomic E-state index is 0.143. The second-order valence-corrected chi connectivity index (χ2v) is 6.81. The summed E-state index contributed by atoms with van der Waals surface area (Å²) in [7, 11) is 0. The fourth-order valence-corrected chi connectivity index (χ4v) is 2.69. The van der Waals surface area contributed by atoms with Crippen molar-refractivity contribution in [3.8, 4) is 11.7 Å². The third kappa shape index (κ3) is 4.02. The molecule has 0 aliphatic heterocycles. The van der Waals surface area contributed by atoms with E-state index < -0.39 is 0 Å². The van der Waals surface area contributed by atoms with Gasteiger partial charge in [-0.1, -0.05) is 27.7 Å². The van der Waals surface area contributed by atoms with Gasteiger partial charge in [-0.2, -0.15) is 0 Å². The summed E-state index contributed by atoms with van der Waals surface area (Å²) in [5.41, 5.74) is 0.729. The molecule has 0 aliphatic rings. The number of hydrogen-bond donors (Lipinski definition) is 1. The van der Waals surface area contributed by atoms with E-state index >= 15 is 0 Å². The van der Waals surface area contributed by atoms with Gasteiger partial charge >= 0.3 is 0 Å². The van der Waals surface area contributed by atoms with E-state index in [2.05, 4.69) is 31.4 Å². The van der Waals surface area contributed by atoms with Gasteiger partial charge in [-0.15, -0.1) is 10.2 Å². The Labute approximate surface area is 144 Å². The molecule has 1 amide bonds. The number of carbonyl (C=O) groups is 1. The summed E-state index contributed by atoms with van der Waals surface area (Å²) in [6.45, 7) is 1.77. The van der Waals surface area contributed by atoms with E-state index in [4.69, 9.17) is 8.83 Å². The van der Waals surface area contributed by atoms with Crippen LogP contribution in [0.3, 0.4) is 0 Å². The average Bonchev–Trinajstić information content (AvgIpc) is 3.20. The molecule has 0 saturated carbocycles. The van der Waals surface area contributed by atoms with Crippen molar-refractivity contribution in [2.45, 2.75) is 17.4 Å². The van der Waals surface area contributed by atoms with Crippen molar-refractivity contribution in [3.05, 3.63) is 47.1 Å². The average molecular weight is 394 g/mol. The Morgan fingerprint density at radius 1 is 1.26 bits per heavy atom. The highest BCUT2D eigenvalue weighted by Crippen LogP contribution is 2.27. The summed E-state index contributed by atoms with van der Waals surface area (Å²) in [6, 6.07) is 10.8. The van der Waals surface area contributed by atoms with Crippen LogP contribution in [0.25, 0.3) is 11.7 Å². The smallest absolute Gasteiger partial charge is 0.284 e. The molecule has 3 rings (SSSR count). The van der Waals surface area contributed by atoms with Crippen LogP contribution in [0.4, 0.5) is 5.69 Å². The number of aromatic nitrogens is 2. The molecular weight excluding hydrogens is 382 g/mol. The SMILES string of the molecule is CC(Sc1nnc(-c2ccco2)o1)C(=O)Nc1ccc(Br)cc1. The van der Waals surface area contributed by atoms with E-state index in [1.165, 1.54) is 18.0 Å². The maximum absolute atomic E-state index is 12.2. The standard InChI is InChI=1S/C15H12BrN3O3S/c1-9(13(20)17-11-6-4-10(16)5-7-11)23-15-19-18-14(22-15)12-3-2-8-21-12/h2-9H,1H3,(H,17,20). The zero-order valence-electron chi connectivity index (χ0n) is 12.0. The van der Waals surface area contributed by atoms with E-state index in [1.807, 2.05) is 24.3 Å². The second kappa shape index (κ2) is 7.01. The topological polar surface area (TPSA) is 81.2 Å². The lowest BCUT2D eigenvalue weighted by Gasteiger charge is -2.09. The first kappa shape index (κ1) is 15.8. The number of furan rings is 1. The molecule has 6 nitrogen and oxygen atoms in total. The molecule has 2 aromatic heterocycles. The number of rotatable bonds is 5. The van der Waals surface area contributed by atoms with Crippen molar-refractivity contribution >= 4 is 39.3 Å². The number of benzene rings is 1. The molecule has 1 N–H and O–H groups in total. The quantitative estimate of drug-likeness (QED) is 0.653. The zero-order valence-corrected chi connectivity index (χ0v) is 14.4. The monoisotopic (exact) mass is 393 g/mol. The van der Waals surface area contributed by atoms with E-state index in [0.717, 1.165) is 10.2 Å². The Kier molecular flexibility index (Phi) is 4.82. The molecule has 0 spiro atoms. The lowest BCUT2D eigenvalue weighted by atomic mass is 10.3. The number of thioether (sulfide) groups is 1. The summed E-state index contributed by atoms with van der Waals surface area (Å²) in [6.07, 6.45) is 1.53. The summed E-state index contributed by atoms with van der Waals surface area (Å²) >= 11 is 4.54. The molecule has 0 radical (unpaired) electrons. The molecule has 0 saturated heterocycles. The number of nitrogens with zero attached hydrogens (tertiary/aromatic N) is 2. The Morgan fingerprint density at radius 2 is 2.04 bits per heavy atom. The highest BCUT2D eigenvalue weighted by molar-refractivity contribution is 9.10. The number of halogens is 1. The minimum Gasteiger partial charge on any atom is -0.459 e. The number of amides is 1. The molecule has 0 aliphatic carbocycles. The van der Waals surface area contributed by atoms with Gasteiger partial charge in [0.2, 0.25) is 5.91 Å². The predicted molar refractivity (Wildman–Crippen MR) is 90.1 cm³/mol. The fourth-order valence-electron chi connectivity index (χ4n) is 1.74. The molecule has 0 bridgehead atoms. The summed E-state index contributed by atoms with van der Waals surface area (Å²) in [5.74, 6) is 0.643. The Hall–Kier alpha value is -2.06. The van der Waals surface area contributed by atoms with Gasteiger partial charge in [-0.05, 0) is 43.3 Å². The van der Waals surface area contributed by atoms with Gasteiger partial charge in [0.25, 0.3) is 11.1 Å². The van der Waals surface area contributed by atoms with Crippen LogP contribution in [-0.4, -0.2) is 21.4 Å². The molecule has 3 aromatic rings. The highest BCUT2D eigenvalue weighted by Gasteiger charge is 2.19. The zero-order chi connectivity index (χ0) is 16.2. The second-order valence-electron chi connectivity index (χ2n) is 4.61. The number of anilines is 1. The van der Waals surface area contributed by atoms with Crippen LogP contribution in [0.1, 0.15) is 6.92 Å². The predicted octanol–water partition coefficient (Wildman–Crippen LogP) is 4.21. The van der Waals surface area contributed by atoms with Crippen LogP contribution in [0.5, 0.6) is 0 Å². The number of carbonyl (C=O) groups excluding carboxylic acids is 1. The largest absolute Gasteiger partial charge is 0.459 e. The summed E-state index contributed by atoms with van der Waals surface area (Å²) < 4.78 is 11.6. The summed E-state index contributed by atoms with van der Waals surface area (Å²) in [5, 5.41) is 10.6. The molecule has 1 unspecified atom stereocenters. The van der Waals surface area contributed by atoms with Gasteiger partial charge in [0.15, 0.2) is 5.76 Å². The third-order valence-electron chi connectivity index (χ3n) is 2.90. The Bertz CT molecular complexity index is 787. The minimum atomic E-state index is -0.386. The molecule has 0 fully saturated rings. The van der Waals surface area contributed by atoms with Crippen molar-refractivity contribution in [1.29, 1.82) is 0 Å². The molecule has 23 heavy (non-hydrogen) atoms. The van der Waals surface area contributed by atoms with E-state index in [1.54, 1.807) is 19.1 Å². The van der Waals surface area contributed by atoms with Crippen molar-refractivity contribution in [3.63, 3.8) is 0 Å². The molecule has 1 atom stereocenters. The Balaban J connectivity index is 1.61. The maximum atomic E-state index is 12.2. The molecule has 1 aromatic carbocycles.